The molecule has 0 aromatic heterocycles. The standard InChI is InChI=1S/C21H24N2O3S.CH4O/c1-4-26-13-17-11-16(12-24)9-10-18(17)19-7-5-6-8-20(19)27-23-21(22)14(2)15(3)25;1-2/h5-12,25H,4,13H2,1-3H3,(H2,22,23);2H,1H3/b15-14-;. The average Bonchev–Trinajstić information content (AvgIpc) is 2.76. The number of nitrogens with two attached hydrogens (primary N) is 1. The summed E-state index contributed by atoms with van der Waals surface area (Å²) in [7, 11) is 1.00. The number of benzene rings is 2. The van der Waals surface area contributed by atoms with Gasteiger partial charge in [-0.15, -0.1) is 0 Å². The highest BCUT2D eigenvalue weighted by atomic mass is 32.2. The first-order valence-corrected chi connectivity index (χ1v) is 9.82. The summed E-state index contributed by atoms with van der Waals surface area (Å²) in [5.74, 6) is 0.425. The minimum atomic E-state index is 0.147. The maximum atomic E-state index is 11.1. The van der Waals surface area contributed by atoms with E-state index in [4.69, 9.17) is 15.6 Å². The highest BCUT2D eigenvalue weighted by Crippen LogP contribution is 2.34. The van der Waals surface area contributed by atoms with E-state index >= 15 is 0 Å². The Kier molecular flexibility index (Phi) is 10.8. The number of allylic oxidation sites excluding steroid dienone is 1. The van der Waals surface area contributed by atoms with Crippen LogP contribution in [0.3, 0.4) is 0 Å². The van der Waals surface area contributed by atoms with Crippen molar-refractivity contribution in [3.05, 3.63) is 64.9 Å². The largest absolute Gasteiger partial charge is 0.512 e. The van der Waals surface area contributed by atoms with E-state index in [-0.39, 0.29) is 11.6 Å². The van der Waals surface area contributed by atoms with Crippen molar-refractivity contribution in [3.8, 4) is 11.1 Å². The average molecular weight is 417 g/mol. The number of aliphatic hydroxyl groups excluding tert-OH is 2. The zero-order valence-corrected chi connectivity index (χ0v) is 18.0. The first-order chi connectivity index (χ1) is 14.0. The lowest BCUT2D eigenvalue weighted by Gasteiger charge is -2.13. The number of aldehydes is 1. The van der Waals surface area contributed by atoms with Crippen LogP contribution in [0.15, 0.2) is 63.1 Å². The van der Waals surface area contributed by atoms with Gasteiger partial charge < -0.3 is 20.7 Å². The molecule has 0 spiro atoms. The zero-order valence-electron chi connectivity index (χ0n) is 17.2. The van der Waals surface area contributed by atoms with Crippen LogP contribution in [0, 0.1) is 0 Å². The number of amidine groups is 1. The van der Waals surface area contributed by atoms with E-state index < -0.39 is 0 Å². The fourth-order valence-electron chi connectivity index (χ4n) is 2.40. The molecular formula is C22H28N2O4S. The molecule has 0 amide bonds. The number of ether oxygens (including phenoxy) is 1. The molecule has 0 saturated carbocycles. The molecule has 0 radical (unpaired) electrons. The fraction of sp³-hybridized carbons (Fsp3) is 0.273. The molecule has 4 N–H and O–H groups in total. The first kappa shape index (κ1) is 24.4. The van der Waals surface area contributed by atoms with E-state index in [9.17, 15) is 9.90 Å². The summed E-state index contributed by atoms with van der Waals surface area (Å²) in [5.41, 5.74) is 10.0. The number of hydrogen-bond donors (Lipinski definition) is 3. The van der Waals surface area contributed by atoms with Crippen molar-refractivity contribution in [2.75, 3.05) is 13.7 Å². The summed E-state index contributed by atoms with van der Waals surface area (Å²) in [6.07, 6.45) is 0.831. The molecule has 156 valence electrons. The molecular weight excluding hydrogens is 388 g/mol. The molecule has 0 unspecified atom stereocenters. The second-order valence-electron chi connectivity index (χ2n) is 5.95. The van der Waals surface area contributed by atoms with Gasteiger partial charge in [-0.25, -0.2) is 0 Å². The smallest absolute Gasteiger partial charge is 0.150 e. The van der Waals surface area contributed by atoms with Gasteiger partial charge in [0.25, 0.3) is 0 Å². The number of carbonyl (C=O) groups is 1. The van der Waals surface area contributed by atoms with Crippen molar-refractivity contribution in [3.63, 3.8) is 0 Å². The van der Waals surface area contributed by atoms with Crippen molar-refractivity contribution in [1.29, 1.82) is 0 Å². The normalized spacial score (nSPS) is 12.0. The number of carbonyl (C=O) groups excluding carboxylic acids is 1. The van der Waals surface area contributed by atoms with Crippen LogP contribution in [0.4, 0.5) is 0 Å². The van der Waals surface area contributed by atoms with Crippen molar-refractivity contribution in [2.24, 2.45) is 10.1 Å². The lowest BCUT2D eigenvalue weighted by atomic mass is 9.98. The van der Waals surface area contributed by atoms with Crippen LogP contribution < -0.4 is 5.73 Å². The third-order valence-corrected chi connectivity index (χ3v) is 4.91. The molecule has 2 aromatic rings. The van der Waals surface area contributed by atoms with E-state index in [0.29, 0.717) is 24.4 Å². The van der Waals surface area contributed by atoms with Gasteiger partial charge in [-0.2, -0.15) is 4.40 Å². The van der Waals surface area contributed by atoms with Gasteiger partial charge in [0.15, 0.2) is 0 Å². The Bertz CT molecular complexity index is 875. The van der Waals surface area contributed by atoms with Crippen LogP contribution in [0.1, 0.15) is 36.7 Å². The predicted molar refractivity (Wildman–Crippen MR) is 119 cm³/mol. The summed E-state index contributed by atoms with van der Waals surface area (Å²) in [6.45, 7) is 6.24. The van der Waals surface area contributed by atoms with Gasteiger partial charge in [0.1, 0.15) is 12.1 Å². The highest BCUT2D eigenvalue weighted by molar-refractivity contribution is 7.98. The molecule has 0 atom stereocenters. The minimum Gasteiger partial charge on any atom is -0.512 e. The molecule has 0 aliphatic rings. The van der Waals surface area contributed by atoms with Crippen LogP contribution in [0.2, 0.25) is 0 Å². The van der Waals surface area contributed by atoms with Crippen LogP contribution in [-0.4, -0.2) is 36.1 Å². The van der Waals surface area contributed by atoms with Gasteiger partial charge in [-0.3, -0.25) is 4.79 Å². The molecule has 0 fully saturated rings. The predicted octanol–water partition coefficient (Wildman–Crippen LogP) is 4.53. The number of nitrogens with zero attached hydrogens (tertiary/aromatic N) is 1. The summed E-state index contributed by atoms with van der Waals surface area (Å²) >= 11 is 1.25. The van der Waals surface area contributed by atoms with Crippen molar-refractivity contribution in [2.45, 2.75) is 32.3 Å². The topological polar surface area (TPSA) is 105 Å². The van der Waals surface area contributed by atoms with Gasteiger partial charge in [0.2, 0.25) is 0 Å². The lowest BCUT2D eigenvalue weighted by molar-refractivity contribution is 0.112. The molecule has 2 rings (SSSR count). The van der Waals surface area contributed by atoms with E-state index in [2.05, 4.69) is 4.40 Å². The molecule has 0 saturated heterocycles. The van der Waals surface area contributed by atoms with E-state index in [1.165, 1.54) is 11.9 Å². The van der Waals surface area contributed by atoms with E-state index in [0.717, 1.165) is 35.0 Å². The maximum absolute atomic E-state index is 11.1. The van der Waals surface area contributed by atoms with Gasteiger partial charge in [-0.1, -0.05) is 30.3 Å². The van der Waals surface area contributed by atoms with E-state index in [1.807, 2.05) is 43.3 Å². The second-order valence-corrected chi connectivity index (χ2v) is 6.75. The van der Waals surface area contributed by atoms with Gasteiger partial charge in [0.05, 0.1) is 12.4 Å². The molecule has 6 nitrogen and oxygen atoms in total. The monoisotopic (exact) mass is 416 g/mol. The third kappa shape index (κ3) is 7.05. The first-order valence-electron chi connectivity index (χ1n) is 9.05. The SMILES string of the molecule is CCOCc1cc(C=O)ccc1-c1ccccc1SN=C(N)/C(C)=C(/C)O.CO. The Balaban J connectivity index is 0.00000204. The third-order valence-electron chi connectivity index (χ3n) is 4.07. The Morgan fingerprint density at radius 2 is 1.86 bits per heavy atom. The Morgan fingerprint density at radius 1 is 1.17 bits per heavy atom. The summed E-state index contributed by atoms with van der Waals surface area (Å²) < 4.78 is 9.91. The fourth-order valence-corrected chi connectivity index (χ4v) is 3.15. The number of rotatable bonds is 8. The van der Waals surface area contributed by atoms with Crippen molar-refractivity contribution < 1.29 is 19.7 Å². The van der Waals surface area contributed by atoms with Gasteiger partial charge >= 0.3 is 0 Å². The van der Waals surface area contributed by atoms with Crippen molar-refractivity contribution >= 4 is 24.1 Å². The minimum absolute atomic E-state index is 0.147. The van der Waals surface area contributed by atoms with Gasteiger partial charge in [0, 0.05) is 41.7 Å². The maximum Gasteiger partial charge on any atom is 0.150 e. The molecule has 0 heterocycles. The van der Waals surface area contributed by atoms with Crippen LogP contribution >= 0.6 is 11.9 Å². The Labute approximate surface area is 176 Å². The zero-order chi connectivity index (χ0) is 21.8. The second kappa shape index (κ2) is 12.8. The quantitative estimate of drug-likeness (QED) is 0.192. The van der Waals surface area contributed by atoms with Crippen molar-refractivity contribution in [1.82, 2.24) is 0 Å². The van der Waals surface area contributed by atoms with Crippen LogP contribution in [-0.2, 0) is 11.3 Å². The molecule has 2 aromatic carbocycles. The van der Waals surface area contributed by atoms with E-state index in [1.54, 1.807) is 19.9 Å². The number of hydrogen-bond acceptors (Lipinski definition) is 6. The molecule has 7 heteroatoms. The molecule has 0 bridgehead atoms. The Morgan fingerprint density at radius 3 is 2.48 bits per heavy atom. The Hall–Kier alpha value is -2.61. The molecule has 0 aliphatic heterocycles. The van der Waals surface area contributed by atoms with Crippen LogP contribution in [0.5, 0.6) is 0 Å². The highest BCUT2D eigenvalue weighted by Gasteiger charge is 2.12. The van der Waals surface area contributed by atoms with Gasteiger partial charge in [-0.05, 0) is 49.6 Å². The van der Waals surface area contributed by atoms with Crippen LogP contribution in [0.25, 0.3) is 11.1 Å². The summed E-state index contributed by atoms with van der Waals surface area (Å²) in [5, 5.41) is 16.6. The summed E-state index contributed by atoms with van der Waals surface area (Å²) in [4.78, 5) is 12.1. The lowest BCUT2D eigenvalue weighted by Crippen LogP contribution is -2.13. The number of aliphatic hydroxyl groups is 2. The molecule has 0 aliphatic carbocycles. The summed E-state index contributed by atoms with van der Waals surface area (Å²) in [6, 6.07) is 13.4. The molecule has 29 heavy (non-hydrogen) atoms.